The maximum absolute atomic E-state index is 12.3. The molecule has 1 saturated heterocycles. The molecule has 0 bridgehead atoms. The molecule has 0 saturated carbocycles. The summed E-state index contributed by atoms with van der Waals surface area (Å²) in [4.78, 5) is 20.6. The number of Topliss-reactive ketones (excluding diaryl/α,β-unsaturated/α-hetero) is 1. The summed E-state index contributed by atoms with van der Waals surface area (Å²) in [7, 11) is 0. The molecule has 0 radical (unpaired) electrons. The second kappa shape index (κ2) is 4.83. The first kappa shape index (κ1) is 14.1. The summed E-state index contributed by atoms with van der Waals surface area (Å²) < 4.78 is 0. The van der Waals surface area contributed by atoms with Crippen LogP contribution in [0.4, 0.5) is 5.13 Å². The van der Waals surface area contributed by atoms with E-state index in [1.807, 2.05) is 0 Å². The standard InChI is InChI=1S/C16H24N2OS/c1-5-11-7-6-10(2)18(11)15-17-12-8-16(3,4)9-13(19)14(12)20-15/h10-11H,5-9H2,1-4H3. The van der Waals surface area contributed by atoms with Crippen molar-refractivity contribution in [2.75, 3.05) is 4.90 Å². The van der Waals surface area contributed by atoms with Crippen molar-refractivity contribution in [3.63, 3.8) is 0 Å². The number of carbonyl (C=O) groups is 1. The highest BCUT2D eigenvalue weighted by Crippen LogP contribution is 2.42. The lowest BCUT2D eigenvalue weighted by atomic mass is 9.78. The quantitative estimate of drug-likeness (QED) is 0.824. The number of nitrogens with zero attached hydrogens (tertiary/aromatic N) is 2. The number of thiazole rings is 1. The maximum atomic E-state index is 12.3. The van der Waals surface area contributed by atoms with Crippen LogP contribution in [0.15, 0.2) is 0 Å². The molecular weight excluding hydrogens is 268 g/mol. The number of ketones is 1. The first-order valence-electron chi connectivity index (χ1n) is 7.72. The third-order valence-corrected chi connectivity index (χ3v) is 5.85. The Hall–Kier alpha value is -0.900. The smallest absolute Gasteiger partial charge is 0.186 e. The zero-order valence-electron chi connectivity index (χ0n) is 12.9. The van der Waals surface area contributed by atoms with Gasteiger partial charge >= 0.3 is 0 Å². The minimum atomic E-state index is 0.0657. The van der Waals surface area contributed by atoms with Crippen molar-refractivity contribution in [2.45, 2.75) is 71.9 Å². The Kier molecular flexibility index (Phi) is 3.39. The van der Waals surface area contributed by atoms with Gasteiger partial charge in [0.2, 0.25) is 0 Å². The van der Waals surface area contributed by atoms with Gasteiger partial charge in [-0.25, -0.2) is 4.98 Å². The van der Waals surface area contributed by atoms with Gasteiger partial charge in [-0.1, -0.05) is 32.1 Å². The van der Waals surface area contributed by atoms with Gasteiger partial charge in [0.25, 0.3) is 0 Å². The Morgan fingerprint density at radius 2 is 2.10 bits per heavy atom. The van der Waals surface area contributed by atoms with E-state index in [2.05, 4.69) is 32.6 Å². The van der Waals surface area contributed by atoms with E-state index < -0.39 is 0 Å². The lowest BCUT2D eigenvalue weighted by molar-refractivity contribution is 0.0916. The zero-order valence-corrected chi connectivity index (χ0v) is 13.7. The molecule has 3 nitrogen and oxygen atoms in total. The monoisotopic (exact) mass is 292 g/mol. The molecule has 3 rings (SSSR count). The van der Waals surface area contributed by atoms with Crippen molar-refractivity contribution >= 4 is 22.3 Å². The minimum absolute atomic E-state index is 0.0657. The minimum Gasteiger partial charge on any atom is -0.342 e. The highest BCUT2D eigenvalue weighted by molar-refractivity contribution is 7.17. The Morgan fingerprint density at radius 1 is 1.35 bits per heavy atom. The third kappa shape index (κ3) is 2.28. The summed E-state index contributed by atoms with van der Waals surface area (Å²) in [6.45, 7) is 8.86. The van der Waals surface area contributed by atoms with Gasteiger partial charge in [0.15, 0.2) is 10.9 Å². The summed E-state index contributed by atoms with van der Waals surface area (Å²) in [5.41, 5.74) is 1.11. The first-order chi connectivity index (χ1) is 9.41. The summed E-state index contributed by atoms with van der Waals surface area (Å²) in [5, 5.41) is 1.08. The second-order valence-corrected chi connectivity index (χ2v) is 8.09. The van der Waals surface area contributed by atoms with Crippen LogP contribution in [0.2, 0.25) is 0 Å². The summed E-state index contributed by atoms with van der Waals surface area (Å²) in [5.74, 6) is 0.292. The molecule has 0 spiro atoms. The normalized spacial score (nSPS) is 28.8. The first-order valence-corrected chi connectivity index (χ1v) is 8.54. The number of anilines is 1. The Balaban J connectivity index is 1.96. The molecule has 1 aromatic heterocycles. The van der Waals surface area contributed by atoms with Gasteiger partial charge in [-0.3, -0.25) is 4.79 Å². The molecule has 0 amide bonds. The number of rotatable bonds is 2. The van der Waals surface area contributed by atoms with Gasteiger partial charge < -0.3 is 4.90 Å². The molecule has 2 atom stereocenters. The predicted octanol–water partition coefficient (Wildman–Crippen LogP) is 4.07. The number of carbonyl (C=O) groups excluding carboxylic acids is 1. The van der Waals surface area contributed by atoms with E-state index in [0.717, 1.165) is 28.5 Å². The summed E-state index contributed by atoms with van der Waals surface area (Å²) >= 11 is 1.63. The topological polar surface area (TPSA) is 33.2 Å². The van der Waals surface area contributed by atoms with Gasteiger partial charge in [0, 0.05) is 18.5 Å². The van der Waals surface area contributed by atoms with Crippen molar-refractivity contribution in [1.29, 1.82) is 0 Å². The van der Waals surface area contributed by atoms with Crippen LogP contribution in [-0.2, 0) is 6.42 Å². The third-order valence-electron chi connectivity index (χ3n) is 4.70. The number of hydrogen-bond acceptors (Lipinski definition) is 4. The average molecular weight is 292 g/mol. The lowest BCUT2D eigenvalue weighted by Gasteiger charge is -2.27. The molecule has 20 heavy (non-hydrogen) atoms. The van der Waals surface area contributed by atoms with Crippen LogP contribution in [0.5, 0.6) is 0 Å². The number of aromatic nitrogens is 1. The van der Waals surface area contributed by atoms with E-state index in [1.54, 1.807) is 11.3 Å². The zero-order chi connectivity index (χ0) is 14.5. The van der Waals surface area contributed by atoms with Crippen molar-refractivity contribution in [3.8, 4) is 0 Å². The highest BCUT2D eigenvalue weighted by atomic mass is 32.1. The highest BCUT2D eigenvalue weighted by Gasteiger charge is 2.37. The number of fused-ring (bicyclic) bond motifs is 1. The van der Waals surface area contributed by atoms with Crippen LogP contribution in [0.1, 0.15) is 68.7 Å². The summed E-state index contributed by atoms with van der Waals surface area (Å²) in [6.07, 6.45) is 5.25. The molecule has 1 aliphatic carbocycles. The fourth-order valence-electron chi connectivity index (χ4n) is 3.64. The molecule has 110 valence electrons. The van der Waals surface area contributed by atoms with Gasteiger partial charge in [0.05, 0.1) is 10.6 Å². The van der Waals surface area contributed by atoms with E-state index in [1.165, 1.54) is 12.8 Å². The molecule has 1 aromatic rings. The predicted molar refractivity (Wildman–Crippen MR) is 83.8 cm³/mol. The van der Waals surface area contributed by atoms with Crippen LogP contribution >= 0.6 is 11.3 Å². The lowest BCUT2D eigenvalue weighted by Crippen LogP contribution is -2.34. The SMILES string of the molecule is CCC1CCC(C)N1c1nc2c(s1)C(=O)CC(C)(C)C2. The fraction of sp³-hybridized carbons (Fsp3) is 0.750. The molecule has 2 unspecified atom stereocenters. The van der Waals surface area contributed by atoms with Gasteiger partial charge in [-0.2, -0.15) is 0 Å². The largest absolute Gasteiger partial charge is 0.342 e. The van der Waals surface area contributed by atoms with E-state index in [9.17, 15) is 4.79 Å². The molecule has 1 aliphatic heterocycles. The van der Waals surface area contributed by atoms with Crippen molar-refractivity contribution in [2.24, 2.45) is 5.41 Å². The average Bonchev–Trinajstić information content (AvgIpc) is 2.90. The Labute approximate surface area is 125 Å². The molecule has 4 heteroatoms. The fourth-order valence-corrected chi connectivity index (χ4v) is 4.83. The molecular formula is C16H24N2OS. The second-order valence-electron chi connectivity index (χ2n) is 7.11. The van der Waals surface area contributed by atoms with E-state index in [4.69, 9.17) is 4.98 Å². The van der Waals surface area contributed by atoms with Gasteiger partial charge in [-0.05, 0) is 38.0 Å². The molecule has 0 aromatic carbocycles. The summed E-state index contributed by atoms with van der Waals surface area (Å²) in [6, 6.07) is 1.15. The van der Waals surface area contributed by atoms with Crippen molar-refractivity contribution < 1.29 is 4.79 Å². The van der Waals surface area contributed by atoms with Crippen LogP contribution in [0.25, 0.3) is 0 Å². The van der Waals surface area contributed by atoms with Crippen LogP contribution in [-0.4, -0.2) is 22.9 Å². The molecule has 2 aliphatic rings. The Bertz CT molecular complexity index is 535. The van der Waals surface area contributed by atoms with Crippen molar-refractivity contribution in [3.05, 3.63) is 10.6 Å². The van der Waals surface area contributed by atoms with Gasteiger partial charge in [-0.15, -0.1) is 0 Å². The van der Waals surface area contributed by atoms with E-state index in [-0.39, 0.29) is 5.41 Å². The molecule has 0 N–H and O–H groups in total. The van der Waals surface area contributed by atoms with Crippen LogP contribution < -0.4 is 4.90 Å². The van der Waals surface area contributed by atoms with E-state index >= 15 is 0 Å². The van der Waals surface area contributed by atoms with E-state index in [0.29, 0.717) is 24.3 Å². The van der Waals surface area contributed by atoms with Crippen molar-refractivity contribution in [1.82, 2.24) is 4.98 Å². The molecule has 1 fully saturated rings. The number of hydrogen-bond donors (Lipinski definition) is 0. The van der Waals surface area contributed by atoms with Crippen LogP contribution in [0.3, 0.4) is 0 Å². The maximum Gasteiger partial charge on any atom is 0.186 e. The van der Waals surface area contributed by atoms with Crippen LogP contribution in [0, 0.1) is 5.41 Å². The molecule has 2 heterocycles. The Morgan fingerprint density at radius 3 is 2.80 bits per heavy atom. The van der Waals surface area contributed by atoms with Gasteiger partial charge in [0.1, 0.15) is 0 Å².